The summed E-state index contributed by atoms with van der Waals surface area (Å²) in [6.45, 7) is 0.389. The van der Waals surface area contributed by atoms with E-state index in [1.165, 1.54) is 7.11 Å². The Balaban J connectivity index is 1.49. The molecule has 0 bridgehead atoms. The lowest BCUT2D eigenvalue weighted by Gasteiger charge is -2.18. The second-order valence-electron chi connectivity index (χ2n) is 9.59. The van der Waals surface area contributed by atoms with Gasteiger partial charge in [-0.1, -0.05) is 72.3 Å². The van der Waals surface area contributed by atoms with Crippen molar-refractivity contribution >= 4 is 28.3 Å². The van der Waals surface area contributed by atoms with E-state index in [4.69, 9.17) is 35.3 Å². The zero-order valence-corrected chi connectivity index (χ0v) is 23.1. The standard InChI is InChI=1S/C34H27ClO6/c1-37-34(36)20-39-30-13-11-23-15-27(24-12-14-31-33(17-24)41-21-40-31)32(38-19-22-7-3-2-4-8-22)18-26(23)28(30)16-25-9-5-6-10-29(25)35/h2-15,17-18H,16,19-21H2,1H3. The van der Waals surface area contributed by atoms with Gasteiger partial charge in [-0.3, -0.25) is 0 Å². The highest BCUT2D eigenvalue weighted by Gasteiger charge is 2.19. The number of rotatable bonds is 9. The fraction of sp³-hybridized carbons (Fsp3) is 0.147. The van der Waals surface area contributed by atoms with Crippen LogP contribution in [0.5, 0.6) is 23.0 Å². The average molecular weight is 567 g/mol. The number of hydrogen-bond donors (Lipinski definition) is 0. The van der Waals surface area contributed by atoms with Gasteiger partial charge in [0, 0.05) is 22.6 Å². The number of fused-ring (bicyclic) bond motifs is 2. The van der Waals surface area contributed by atoms with Gasteiger partial charge >= 0.3 is 5.97 Å². The third kappa shape index (κ3) is 5.79. The van der Waals surface area contributed by atoms with Gasteiger partial charge in [0.2, 0.25) is 6.79 Å². The molecule has 41 heavy (non-hydrogen) atoms. The van der Waals surface area contributed by atoms with Crippen LogP contribution in [0, 0.1) is 0 Å². The minimum atomic E-state index is -0.459. The molecule has 0 fully saturated rings. The van der Waals surface area contributed by atoms with Gasteiger partial charge in [0.15, 0.2) is 18.1 Å². The molecular weight excluding hydrogens is 540 g/mol. The number of hydrogen-bond acceptors (Lipinski definition) is 6. The van der Waals surface area contributed by atoms with Crippen LogP contribution in [0.4, 0.5) is 0 Å². The summed E-state index contributed by atoms with van der Waals surface area (Å²) in [6, 6.07) is 31.6. The predicted octanol–water partition coefficient (Wildman–Crippen LogP) is 7.61. The molecule has 0 amide bonds. The van der Waals surface area contributed by atoms with E-state index in [-0.39, 0.29) is 13.4 Å². The number of carbonyl (C=O) groups is 1. The molecule has 0 spiro atoms. The van der Waals surface area contributed by atoms with Crippen LogP contribution in [0.3, 0.4) is 0 Å². The van der Waals surface area contributed by atoms with Crippen LogP contribution in [0.1, 0.15) is 16.7 Å². The van der Waals surface area contributed by atoms with Crippen molar-refractivity contribution in [1.29, 1.82) is 0 Å². The lowest BCUT2D eigenvalue weighted by atomic mass is 9.93. The highest BCUT2D eigenvalue weighted by molar-refractivity contribution is 6.31. The number of ether oxygens (including phenoxy) is 5. The number of methoxy groups -OCH3 is 1. The molecule has 6 nitrogen and oxygen atoms in total. The van der Waals surface area contributed by atoms with Crippen LogP contribution in [-0.4, -0.2) is 26.5 Å². The van der Waals surface area contributed by atoms with Crippen molar-refractivity contribution in [3.05, 3.63) is 119 Å². The Labute approximate surface area is 243 Å². The van der Waals surface area contributed by atoms with Gasteiger partial charge in [0.1, 0.15) is 18.1 Å². The van der Waals surface area contributed by atoms with Crippen LogP contribution in [0.25, 0.3) is 21.9 Å². The van der Waals surface area contributed by atoms with E-state index in [0.29, 0.717) is 35.3 Å². The lowest BCUT2D eigenvalue weighted by Crippen LogP contribution is -2.13. The van der Waals surface area contributed by atoms with Gasteiger partial charge in [0.25, 0.3) is 0 Å². The first-order chi connectivity index (χ1) is 20.1. The fourth-order valence-corrected chi connectivity index (χ4v) is 5.09. The quantitative estimate of drug-likeness (QED) is 0.171. The van der Waals surface area contributed by atoms with Gasteiger partial charge in [-0.15, -0.1) is 0 Å². The SMILES string of the molecule is COC(=O)COc1ccc2cc(-c3ccc4c(c3)OCO4)c(OCc3ccccc3)cc2c1Cc1ccccc1Cl. The molecular formula is C34H27ClO6. The third-order valence-corrected chi connectivity index (χ3v) is 7.38. The van der Waals surface area contributed by atoms with Gasteiger partial charge in [0.05, 0.1) is 7.11 Å². The van der Waals surface area contributed by atoms with Crippen molar-refractivity contribution in [2.24, 2.45) is 0 Å². The molecule has 1 heterocycles. The Morgan fingerprint density at radius 2 is 1.63 bits per heavy atom. The first-order valence-corrected chi connectivity index (χ1v) is 13.6. The summed E-state index contributed by atoms with van der Waals surface area (Å²) < 4.78 is 28.4. The number of esters is 1. The summed E-state index contributed by atoms with van der Waals surface area (Å²) in [4.78, 5) is 11.9. The van der Waals surface area contributed by atoms with E-state index in [0.717, 1.165) is 44.3 Å². The van der Waals surface area contributed by atoms with Crippen LogP contribution >= 0.6 is 11.6 Å². The summed E-state index contributed by atoms with van der Waals surface area (Å²) in [5, 5.41) is 2.57. The van der Waals surface area contributed by atoms with E-state index in [1.807, 2.05) is 91.0 Å². The Bertz CT molecular complexity index is 1720. The molecule has 0 atom stereocenters. The summed E-state index contributed by atoms with van der Waals surface area (Å²) in [7, 11) is 1.34. The van der Waals surface area contributed by atoms with Gasteiger partial charge < -0.3 is 23.7 Å². The van der Waals surface area contributed by atoms with Crippen molar-refractivity contribution in [3.8, 4) is 34.1 Å². The Morgan fingerprint density at radius 1 is 0.829 bits per heavy atom. The number of halogens is 1. The Kier molecular flexibility index (Phi) is 7.65. The Hall–Kier alpha value is -4.68. The van der Waals surface area contributed by atoms with Crippen molar-refractivity contribution in [3.63, 3.8) is 0 Å². The third-order valence-electron chi connectivity index (χ3n) is 7.01. The minimum Gasteiger partial charge on any atom is -0.488 e. The first kappa shape index (κ1) is 26.5. The molecule has 0 saturated heterocycles. The van der Waals surface area contributed by atoms with Crippen LogP contribution < -0.4 is 18.9 Å². The number of benzene rings is 5. The largest absolute Gasteiger partial charge is 0.488 e. The van der Waals surface area contributed by atoms with Crippen LogP contribution in [0.15, 0.2) is 97.1 Å². The van der Waals surface area contributed by atoms with E-state index in [9.17, 15) is 4.79 Å². The molecule has 0 aliphatic carbocycles. The second-order valence-corrected chi connectivity index (χ2v) is 9.99. The maximum Gasteiger partial charge on any atom is 0.343 e. The van der Waals surface area contributed by atoms with E-state index in [2.05, 4.69) is 6.07 Å². The number of carbonyl (C=O) groups excluding carboxylic acids is 1. The zero-order valence-electron chi connectivity index (χ0n) is 22.4. The van der Waals surface area contributed by atoms with Gasteiger partial charge in [-0.05, 0) is 63.9 Å². The van der Waals surface area contributed by atoms with Gasteiger partial charge in [-0.2, -0.15) is 0 Å². The Morgan fingerprint density at radius 3 is 2.46 bits per heavy atom. The average Bonchev–Trinajstić information content (AvgIpc) is 3.48. The van der Waals surface area contributed by atoms with Crippen molar-refractivity contribution in [2.45, 2.75) is 13.0 Å². The maximum absolute atomic E-state index is 11.9. The molecule has 1 aliphatic heterocycles. The molecule has 6 rings (SSSR count). The first-order valence-electron chi connectivity index (χ1n) is 13.2. The van der Waals surface area contributed by atoms with Crippen LogP contribution in [-0.2, 0) is 22.6 Å². The minimum absolute atomic E-state index is 0.202. The van der Waals surface area contributed by atoms with Crippen LogP contribution in [0.2, 0.25) is 5.02 Å². The summed E-state index contributed by atoms with van der Waals surface area (Å²) >= 11 is 6.57. The molecule has 0 unspecified atom stereocenters. The lowest BCUT2D eigenvalue weighted by molar-refractivity contribution is -0.142. The summed E-state index contributed by atoms with van der Waals surface area (Å²) in [5.41, 5.74) is 4.74. The second kappa shape index (κ2) is 11.8. The van der Waals surface area contributed by atoms with Crippen molar-refractivity contribution < 1.29 is 28.5 Å². The van der Waals surface area contributed by atoms with Crippen molar-refractivity contribution in [1.82, 2.24) is 0 Å². The zero-order chi connectivity index (χ0) is 28.2. The predicted molar refractivity (Wildman–Crippen MR) is 158 cm³/mol. The normalized spacial score (nSPS) is 11.9. The molecule has 7 heteroatoms. The highest BCUT2D eigenvalue weighted by atomic mass is 35.5. The van der Waals surface area contributed by atoms with E-state index in [1.54, 1.807) is 0 Å². The fourth-order valence-electron chi connectivity index (χ4n) is 4.88. The van der Waals surface area contributed by atoms with Crippen molar-refractivity contribution in [2.75, 3.05) is 20.5 Å². The molecule has 0 radical (unpaired) electrons. The highest BCUT2D eigenvalue weighted by Crippen LogP contribution is 2.42. The molecule has 0 aromatic heterocycles. The molecule has 5 aromatic rings. The molecule has 5 aromatic carbocycles. The maximum atomic E-state index is 11.9. The molecule has 0 N–H and O–H groups in total. The van der Waals surface area contributed by atoms with E-state index >= 15 is 0 Å². The summed E-state index contributed by atoms with van der Waals surface area (Å²) in [5.74, 6) is 2.23. The van der Waals surface area contributed by atoms with E-state index < -0.39 is 5.97 Å². The smallest absolute Gasteiger partial charge is 0.343 e. The monoisotopic (exact) mass is 566 g/mol. The summed E-state index contributed by atoms with van der Waals surface area (Å²) in [6.07, 6.45) is 0.495. The molecule has 0 saturated carbocycles. The van der Waals surface area contributed by atoms with Gasteiger partial charge in [-0.25, -0.2) is 4.79 Å². The molecule has 206 valence electrons. The topological polar surface area (TPSA) is 63.2 Å². The molecule has 1 aliphatic rings.